The molecule has 2 rings (SSSR count). The number of alkyl halides is 3. The average molecular weight is 288 g/mol. The number of benzene rings is 1. The Morgan fingerprint density at radius 2 is 2.05 bits per heavy atom. The molecule has 2 unspecified atom stereocenters. The van der Waals surface area contributed by atoms with Crippen LogP contribution in [0.3, 0.4) is 0 Å². The fraction of sp³-hybridized carbons (Fsp3) is 0.571. The van der Waals surface area contributed by atoms with Crippen molar-refractivity contribution in [3.63, 3.8) is 0 Å². The molecule has 20 heavy (non-hydrogen) atoms. The summed E-state index contributed by atoms with van der Waals surface area (Å²) < 4.78 is 44.1. The fourth-order valence-electron chi connectivity index (χ4n) is 2.59. The number of anilines is 1. The molecule has 1 aromatic rings. The van der Waals surface area contributed by atoms with Gasteiger partial charge >= 0.3 is 6.18 Å². The van der Waals surface area contributed by atoms with E-state index in [1.54, 1.807) is 0 Å². The number of nitrogens with one attached hydrogen (secondary N) is 1. The molecule has 0 heterocycles. The van der Waals surface area contributed by atoms with Gasteiger partial charge in [-0.25, -0.2) is 0 Å². The molecule has 0 bridgehead atoms. The zero-order valence-corrected chi connectivity index (χ0v) is 11.3. The first-order valence-corrected chi connectivity index (χ1v) is 6.67. The van der Waals surface area contributed by atoms with Crippen LogP contribution in [0.2, 0.25) is 0 Å². The van der Waals surface area contributed by atoms with Gasteiger partial charge in [-0.2, -0.15) is 13.2 Å². The van der Waals surface area contributed by atoms with Gasteiger partial charge in [0.05, 0.1) is 12.7 Å². The highest BCUT2D eigenvalue weighted by molar-refractivity contribution is 5.56. The fourth-order valence-corrected chi connectivity index (χ4v) is 2.59. The van der Waals surface area contributed by atoms with Crippen molar-refractivity contribution < 1.29 is 17.9 Å². The van der Waals surface area contributed by atoms with Crippen LogP contribution >= 0.6 is 0 Å². The number of halogens is 3. The van der Waals surface area contributed by atoms with Crippen molar-refractivity contribution in [2.24, 2.45) is 5.73 Å². The Morgan fingerprint density at radius 1 is 1.30 bits per heavy atom. The van der Waals surface area contributed by atoms with Crippen LogP contribution in [-0.2, 0) is 6.18 Å². The van der Waals surface area contributed by atoms with Crippen molar-refractivity contribution in [2.45, 2.75) is 43.9 Å². The normalized spacial score (nSPS) is 23.4. The van der Waals surface area contributed by atoms with Crippen LogP contribution in [0, 0.1) is 0 Å². The maximum Gasteiger partial charge on any atom is 0.418 e. The Bertz CT molecular complexity index is 462. The summed E-state index contributed by atoms with van der Waals surface area (Å²) in [6, 6.07) is 4.02. The molecular weight excluding hydrogens is 269 g/mol. The van der Waals surface area contributed by atoms with Gasteiger partial charge in [0.2, 0.25) is 0 Å². The summed E-state index contributed by atoms with van der Waals surface area (Å²) in [4.78, 5) is 0. The summed E-state index contributed by atoms with van der Waals surface area (Å²) in [6.45, 7) is 0. The molecular formula is C14H19F3N2O. The topological polar surface area (TPSA) is 47.3 Å². The number of rotatable bonds is 3. The molecule has 1 saturated carbocycles. The Hall–Kier alpha value is -1.43. The lowest BCUT2D eigenvalue weighted by molar-refractivity contribution is -0.137. The minimum absolute atomic E-state index is 0.00625. The predicted octanol–water partition coefficient (Wildman–Crippen LogP) is 3.40. The standard InChI is InChI=1S/C14H19F3N2O/c1-20-11-5-6-13(12(8-11)14(15,16)17)19-10-4-2-3-9(18)7-10/h5-6,8-10,19H,2-4,7,18H2,1H3. The highest BCUT2D eigenvalue weighted by Gasteiger charge is 2.34. The first-order chi connectivity index (χ1) is 9.40. The molecule has 0 aliphatic heterocycles. The van der Waals surface area contributed by atoms with Gasteiger partial charge in [-0.05, 0) is 43.9 Å². The van der Waals surface area contributed by atoms with Gasteiger partial charge in [-0.1, -0.05) is 0 Å². The van der Waals surface area contributed by atoms with E-state index in [-0.39, 0.29) is 23.5 Å². The van der Waals surface area contributed by atoms with E-state index in [4.69, 9.17) is 10.5 Å². The van der Waals surface area contributed by atoms with Gasteiger partial charge in [0.15, 0.2) is 0 Å². The molecule has 112 valence electrons. The summed E-state index contributed by atoms with van der Waals surface area (Å²) >= 11 is 0. The van der Waals surface area contributed by atoms with Gasteiger partial charge < -0.3 is 15.8 Å². The second kappa shape index (κ2) is 5.91. The number of hydrogen-bond acceptors (Lipinski definition) is 3. The minimum Gasteiger partial charge on any atom is -0.497 e. The molecule has 0 saturated heterocycles. The number of methoxy groups -OCH3 is 1. The highest BCUT2D eigenvalue weighted by Crippen LogP contribution is 2.38. The van der Waals surface area contributed by atoms with E-state index in [0.29, 0.717) is 6.42 Å². The summed E-state index contributed by atoms with van der Waals surface area (Å²) in [5.74, 6) is 0.197. The third-order valence-electron chi connectivity index (χ3n) is 3.61. The third-order valence-corrected chi connectivity index (χ3v) is 3.61. The van der Waals surface area contributed by atoms with Gasteiger partial charge in [-0.3, -0.25) is 0 Å². The van der Waals surface area contributed by atoms with Gasteiger partial charge in [0, 0.05) is 17.8 Å². The van der Waals surface area contributed by atoms with E-state index in [0.717, 1.165) is 25.3 Å². The van der Waals surface area contributed by atoms with Gasteiger partial charge in [0.25, 0.3) is 0 Å². The third kappa shape index (κ3) is 3.56. The minimum atomic E-state index is -4.41. The average Bonchev–Trinajstić information content (AvgIpc) is 2.38. The van der Waals surface area contributed by atoms with Gasteiger partial charge in [-0.15, -0.1) is 0 Å². The predicted molar refractivity (Wildman–Crippen MR) is 71.9 cm³/mol. The molecule has 0 spiro atoms. The molecule has 0 aromatic heterocycles. The smallest absolute Gasteiger partial charge is 0.418 e. The summed E-state index contributed by atoms with van der Waals surface area (Å²) in [6.07, 6.45) is -0.989. The molecule has 6 heteroatoms. The molecule has 0 radical (unpaired) electrons. The van der Waals surface area contributed by atoms with E-state index < -0.39 is 11.7 Å². The highest BCUT2D eigenvalue weighted by atomic mass is 19.4. The zero-order valence-electron chi connectivity index (χ0n) is 11.3. The van der Waals surface area contributed by atoms with Crippen molar-refractivity contribution in [3.05, 3.63) is 23.8 Å². The molecule has 1 aliphatic carbocycles. The molecule has 3 N–H and O–H groups in total. The zero-order chi connectivity index (χ0) is 14.8. The Kier molecular flexibility index (Phi) is 4.42. The Morgan fingerprint density at radius 3 is 2.65 bits per heavy atom. The van der Waals surface area contributed by atoms with Crippen molar-refractivity contribution >= 4 is 5.69 Å². The maximum atomic E-state index is 13.1. The van der Waals surface area contributed by atoms with Gasteiger partial charge in [0.1, 0.15) is 5.75 Å². The van der Waals surface area contributed by atoms with Crippen molar-refractivity contribution in [1.82, 2.24) is 0 Å². The number of ether oxygens (including phenoxy) is 1. The Balaban J connectivity index is 2.22. The summed E-state index contributed by atoms with van der Waals surface area (Å²) in [7, 11) is 1.35. The molecule has 3 nitrogen and oxygen atoms in total. The van der Waals surface area contributed by atoms with Crippen molar-refractivity contribution in [3.8, 4) is 5.75 Å². The summed E-state index contributed by atoms with van der Waals surface area (Å²) in [5.41, 5.74) is 5.26. The van der Waals surface area contributed by atoms with Crippen LogP contribution < -0.4 is 15.8 Å². The van der Waals surface area contributed by atoms with E-state index in [9.17, 15) is 13.2 Å². The van der Waals surface area contributed by atoms with Crippen LogP contribution in [0.15, 0.2) is 18.2 Å². The van der Waals surface area contributed by atoms with E-state index in [1.807, 2.05) is 0 Å². The van der Waals surface area contributed by atoms with Crippen molar-refractivity contribution in [2.75, 3.05) is 12.4 Å². The second-order valence-electron chi connectivity index (χ2n) is 5.18. The largest absolute Gasteiger partial charge is 0.497 e. The van der Waals surface area contributed by atoms with Crippen LogP contribution in [-0.4, -0.2) is 19.2 Å². The summed E-state index contributed by atoms with van der Waals surface area (Å²) in [5, 5.41) is 2.98. The quantitative estimate of drug-likeness (QED) is 0.896. The SMILES string of the molecule is COc1ccc(NC2CCCC(N)C2)c(C(F)(F)F)c1. The van der Waals surface area contributed by atoms with E-state index >= 15 is 0 Å². The van der Waals surface area contributed by atoms with E-state index in [2.05, 4.69) is 5.32 Å². The lowest BCUT2D eigenvalue weighted by Gasteiger charge is -2.29. The van der Waals surface area contributed by atoms with E-state index in [1.165, 1.54) is 19.2 Å². The lowest BCUT2D eigenvalue weighted by atomic mass is 9.91. The molecule has 1 aromatic carbocycles. The first kappa shape index (κ1) is 15.0. The first-order valence-electron chi connectivity index (χ1n) is 6.67. The molecule has 1 aliphatic rings. The molecule has 2 atom stereocenters. The van der Waals surface area contributed by atoms with Crippen LogP contribution in [0.25, 0.3) is 0 Å². The van der Waals surface area contributed by atoms with Crippen LogP contribution in [0.1, 0.15) is 31.2 Å². The van der Waals surface area contributed by atoms with Crippen LogP contribution in [0.4, 0.5) is 18.9 Å². The van der Waals surface area contributed by atoms with Crippen molar-refractivity contribution in [1.29, 1.82) is 0 Å². The van der Waals surface area contributed by atoms with Crippen LogP contribution in [0.5, 0.6) is 5.75 Å². The monoisotopic (exact) mass is 288 g/mol. The molecule has 0 amide bonds. The number of nitrogens with two attached hydrogens (primary N) is 1. The molecule has 1 fully saturated rings. The Labute approximate surface area is 116 Å². The maximum absolute atomic E-state index is 13.1. The second-order valence-corrected chi connectivity index (χ2v) is 5.18. The lowest BCUT2D eigenvalue weighted by Crippen LogP contribution is -2.35. The number of hydrogen-bond donors (Lipinski definition) is 2.